The van der Waals surface area contributed by atoms with E-state index in [2.05, 4.69) is 51.0 Å². The van der Waals surface area contributed by atoms with Gasteiger partial charge in [-0.15, -0.1) is 0 Å². The van der Waals surface area contributed by atoms with Crippen molar-refractivity contribution >= 4 is 39.6 Å². The number of nitrogens with zero attached hydrogens (tertiary/aromatic N) is 2. The molecule has 3 heterocycles. The lowest BCUT2D eigenvalue weighted by Crippen LogP contribution is -2.55. The average Bonchev–Trinajstić information content (AvgIpc) is 3.19. The second-order valence-corrected chi connectivity index (χ2v) is 13.6. The van der Waals surface area contributed by atoms with Gasteiger partial charge in [0.25, 0.3) is 5.56 Å². The van der Waals surface area contributed by atoms with Crippen molar-refractivity contribution in [1.82, 2.24) is 19.5 Å². The number of H-pyrrole nitrogens is 1. The Morgan fingerprint density at radius 1 is 1.26 bits per heavy atom. The number of aromatic amines is 1. The maximum Gasteiger partial charge on any atom is 0.408 e. The van der Waals surface area contributed by atoms with E-state index in [0.29, 0.717) is 30.2 Å². The van der Waals surface area contributed by atoms with Crippen LogP contribution in [0, 0.1) is 5.82 Å². The topological polar surface area (TPSA) is 144 Å². The summed E-state index contributed by atoms with van der Waals surface area (Å²) in [5.41, 5.74) is -2.13. The van der Waals surface area contributed by atoms with Crippen LogP contribution in [-0.2, 0) is 23.1 Å². The van der Waals surface area contributed by atoms with Gasteiger partial charge in [-0.2, -0.15) is 4.39 Å². The minimum absolute atomic E-state index is 0.0598. The van der Waals surface area contributed by atoms with Crippen LogP contribution >= 0.6 is 39.6 Å². The van der Waals surface area contributed by atoms with Gasteiger partial charge in [-0.3, -0.25) is 28.7 Å². The zero-order valence-electron chi connectivity index (χ0n) is 21.6. The highest BCUT2D eigenvalue weighted by molar-refractivity contribution is 9.09. The summed E-state index contributed by atoms with van der Waals surface area (Å²) >= 11 is 6.74. The van der Waals surface area contributed by atoms with Crippen LogP contribution in [0.3, 0.4) is 0 Å². The fourth-order valence-electron chi connectivity index (χ4n) is 4.62. The molecule has 218 valence electrons. The molecule has 2 fully saturated rings. The van der Waals surface area contributed by atoms with Gasteiger partial charge in [-0.05, 0) is 27.2 Å². The van der Waals surface area contributed by atoms with Crippen molar-refractivity contribution in [2.24, 2.45) is 0 Å². The molecule has 0 aromatic carbocycles. The largest absolute Gasteiger partial charge is 0.408 e. The normalized spacial score (nSPS) is 29.0. The van der Waals surface area contributed by atoms with Gasteiger partial charge in [0.05, 0.1) is 31.6 Å². The summed E-state index contributed by atoms with van der Waals surface area (Å²) in [6, 6.07) is 0. The maximum atomic E-state index is 14.0. The summed E-state index contributed by atoms with van der Waals surface area (Å²) in [5, 5.41) is 15.0. The summed E-state index contributed by atoms with van der Waals surface area (Å²) in [4.78, 5) is 25.3. The molecule has 1 aromatic heterocycles. The van der Waals surface area contributed by atoms with Crippen LogP contribution in [0.1, 0.15) is 46.3 Å². The van der Waals surface area contributed by atoms with E-state index < -0.39 is 43.2 Å². The minimum Gasteiger partial charge on any atom is -0.390 e. The van der Waals surface area contributed by atoms with Crippen molar-refractivity contribution in [2.45, 2.75) is 76.3 Å². The quantitative estimate of drug-likeness (QED) is 0.208. The first-order valence-electron chi connectivity index (χ1n) is 12.4. The molecule has 3 N–H and O–H groups in total. The molecule has 0 bridgehead atoms. The molecule has 38 heavy (non-hydrogen) atoms. The van der Waals surface area contributed by atoms with E-state index in [1.165, 1.54) is 0 Å². The first-order valence-corrected chi connectivity index (χ1v) is 16.2. The molecule has 0 saturated carbocycles. The highest BCUT2D eigenvalue weighted by atomic mass is 79.9. The summed E-state index contributed by atoms with van der Waals surface area (Å²) in [5.74, 6) is -1.16. The monoisotopic (exact) mass is 692 g/mol. The molecule has 1 aromatic rings. The van der Waals surface area contributed by atoms with Crippen molar-refractivity contribution in [1.29, 1.82) is 0 Å². The lowest BCUT2D eigenvalue weighted by Gasteiger charge is -2.41. The standard InChI is InChI=1S/C22H36Br2FN4O8P/c1-14-11-22(2,3)27-18(36-14)4-9-34-38(33,28(7-5-23)8-6-24)35-13-17-16(30)10-19(37-17)29-12-15(25)20(31)26-21(29)32/h12,14,16-19,27,30H,4-11,13H2,1-3H3,(H,26,31,32)/t14?,16-,17+,18?,19+,38?/m0/s1. The summed E-state index contributed by atoms with van der Waals surface area (Å²) < 4.78 is 53.5. The third-order valence-corrected chi connectivity index (χ3v) is 9.04. The fourth-order valence-corrected chi connectivity index (χ4v) is 7.79. The van der Waals surface area contributed by atoms with E-state index in [-0.39, 0.29) is 37.5 Å². The van der Waals surface area contributed by atoms with E-state index in [4.69, 9.17) is 18.5 Å². The average molecular weight is 694 g/mol. The van der Waals surface area contributed by atoms with Crippen LogP contribution < -0.4 is 16.6 Å². The van der Waals surface area contributed by atoms with Gasteiger partial charge in [-0.25, -0.2) is 14.0 Å². The van der Waals surface area contributed by atoms with Gasteiger partial charge in [0.2, 0.25) is 5.82 Å². The number of aliphatic hydroxyl groups excluding tert-OH is 1. The van der Waals surface area contributed by atoms with Crippen LogP contribution in [0.4, 0.5) is 4.39 Å². The SMILES string of the molecule is CC1CC(C)(C)NC(CCOP(=O)(OC[C@H]2O[C@@H](n3cc(F)c(=O)[nH]c3=O)C[C@@H]2O)N(CCBr)CCBr)O1. The molecule has 2 aliphatic heterocycles. The molecule has 2 aliphatic rings. The molecule has 3 unspecified atom stereocenters. The molecule has 0 spiro atoms. The van der Waals surface area contributed by atoms with Crippen molar-refractivity contribution in [3.63, 3.8) is 0 Å². The van der Waals surface area contributed by atoms with Crippen LogP contribution in [-0.4, -0.2) is 86.4 Å². The number of hydrogen-bond acceptors (Lipinski definition) is 9. The number of rotatable bonds is 13. The molecule has 16 heteroatoms. The molecule has 12 nitrogen and oxygen atoms in total. The zero-order valence-corrected chi connectivity index (χ0v) is 25.7. The van der Waals surface area contributed by atoms with Gasteiger partial charge < -0.3 is 14.6 Å². The Hall–Kier alpha value is -0.480. The Labute approximate surface area is 237 Å². The molecule has 0 amide bonds. The van der Waals surface area contributed by atoms with Gasteiger partial charge in [0, 0.05) is 42.1 Å². The Morgan fingerprint density at radius 2 is 1.95 bits per heavy atom. The molecule has 2 saturated heterocycles. The Kier molecular flexibility index (Phi) is 11.7. The number of alkyl halides is 2. The van der Waals surface area contributed by atoms with Crippen molar-refractivity contribution in [2.75, 3.05) is 37.0 Å². The van der Waals surface area contributed by atoms with E-state index in [1.54, 1.807) is 4.67 Å². The smallest absolute Gasteiger partial charge is 0.390 e. The lowest BCUT2D eigenvalue weighted by molar-refractivity contribution is -0.0943. The number of aliphatic hydroxyl groups is 1. The lowest BCUT2D eigenvalue weighted by atomic mass is 9.95. The Balaban J connectivity index is 1.67. The first-order chi connectivity index (χ1) is 17.9. The van der Waals surface area contributed by atoms with Crippen LogP contribution in [0.2, 0.25) is 0 Å². The third kappa shape index (κ3) is 8.51. The Morgan fingerprint density at radius 3 is 2.58 bits per heavy atom. The number of hydrogen-bond donors (Lipinski definition) is 3. The van der Waals surface area contributed by atoms with Crippen molar-refractivity contribution in [3.05, 3.63) is 32.9 Å². The molecular weight excluding hydrogens is 658 g/mol. The third-order valence-electron chi connectivity index (χ3n) is 6.25. The number of nitrogens with one attached hydrogen (secondary N) is 2. The fraction of sp³-hybridized carbons (Fsp3) is 0.818. The summed E-state index contributed by atoms with van der Waals surface area (Å²) in [6.07, 6.45) is -1.36. The molecule has 6 atom stereocenters. The van der Waals surface area contributed by atoms with E-state index in [0.717, 1.165) is 17.2 Å². The minimum atomic E-state index is -3.85. The summed E-state index contributed by atoms with van der Waals surface area (Å²) in [6.45, 7) is 6.71. The molecular formula is C22H36Br2FN4O8P. The number of aromatic nitrogens is 2. The van der Waals surface area contributed by atoms with Crippen molar-refractivity contribution in [3.8, 4) is 0 Å². The van der Waals surface area contributed by atoms with E-state index in [1.807, 2.05) is 11.9 Å². The molecule has 0 radical (unpaired) electrons. The van der Waals surface area contributed by atoms with Gasteiger partial charge in [0.1, 0.15) is 18.6 Å². The second kappa shape index (κ2) is 13.9. The highest BCUT2D eigenvalue weighted by Crippen LogP contribution is 2.52. The second-order valence-electron chi connectivity index (χ2n) is 9.96. The van der Waals surface area contributed by atoms with Gasteiger partial charge in [0.15, 0.2) is 0 Å². The molecule has 3 rings (SSSR count). The highest BCUT2D eigenvalue weighted by Gasteiger charge is 2.40. The zero-order chi connectivity index (χ0) is 28.1. The van der Waals surface area contributed by atoms with Crippen LogP contribution in [0.15, 0.2) is 15.8 Å². The van der Waals surface area contributed by atoms with Crippen LogP contribution in [0.5, 0.6) is 0 Å². The van der Waals surface area contributed by atoms with E-state index in [9.17, 15) is 23.7 Å². The van der Waals surface area contributed by atoms with Gasteiger partial charge in [-0.1, -0.05) is 31.9 Å². The predicted molar refractivity (Wildman–Crippen MR) is 145 cm³/mol. The van der Waals surface area contributed by atoms with Crippen molar-refractivity contribution < 1.29 is 32.6 Å². The summed E-state index contributed by atoms with van der Waals surface area (Å²) in [7, 11) is -3.85. The predicted octanol–water partition coefficient (Wildman–Crippen LogP) is 2.45. The maximum absolute atomic E-state index is 14.0. The van der Waals surface area contributed by atoms with Crippen LogP contribution in [0.25, 0.3) is 0 Å². The Bertz CT molecular complexity index is 1090. The van der Waals surface area contributed by atoms with Gasteiger partial charge >= 0.3 is 13.4 Å². The molecule has 0 aliphatic carbocycles. The first kappa shape index (κ1) is 32.0. The number of ether oxygens (including phenoxy) is 2. The number of halogens is 3. The van der Waals surface area contributed by atoms with E-state index >= 15 is 0 Å².